The number of carbonyl (C=O) groups is 1. The van der Waals surface area contributed by atoms with E-state index in [1.54, 1.807) is 11.6 Å². The Morgan fingerprint density at radius 2 is 2.04 bits per heavy atom. The summed E-state index contributed by atoms with van der Waals surface area (Å²) in [5.41, 5.74) is 3.49. The molecule has 1 N–H and O–H groups in total. The predicted molar refractivity (Wildman–Crippen MR) is 93.2 cm³/mol. The molecule has 0 radical (unpaired) electrons. The van der Waals surface area contributed by atoms with E-state index in [2.05, 4.69) is 20.8 Å². The van der Waals surface area contributed by atoms with Gasteiger partial charge in [-0.15, -0.1) is 5.10 Å². The monoisotopic (exact) mass is 337 g/mol. The highest BCUT2D eigenvalue weighted by Gasteiger charge is 2.14. The second-order valence-corrected chi connectivity index (χ2v) is 5.68. The minimum Gasteiger partial charge on any atom is -0.364 e. The molecule has 3 rings (SSSR count). The van der Waals surface area contributed by atoms with Crippen LogP contribution in [0.5, 0.6) is 0 Å². The van der Waals surface area contributed by atoms with Crippen LogP contribution in [-0.4, -0.2) is 32.2 Å². The minimum absolute atomic E-state index is 0.206. The summed E-state index contributed by atoms with van der Waals surface area (Å²) in [6.07, 6.45) is 0.942. The topological polar surface area (TPSA) is 81.9 Å². The van der Waals surface area contributed by atoms with Crippen molar-refractivity contribution in [3.8, 4) is 5.69 Å². The number of aromatic nitrogens is 4. The first-order valence-electron chi connectivity index (χ1n) is 7.94. The van der Waals surface area contributed by atoms with Gasteiger partial charge in [-0.05, 0) is 47.5 Å². The Hall–Kier alpha value is -3.06. The molecule has 2 aromatic carbocycles. The van der Waals surface area contributed by atoms with Crippen LogP contribution in [0.4, 0.5) is 5.69 Å². The molecular formula is C18H19N5O2. The molecule has 0 aliphatic carbocycles. The first-order valence-corrected chi connectivity index (χ1v) is 7.94. The van der Waals surface area contributed by atoms with Gasteiger partial charge in [-0.25, -0.2) is 4.68 Å². The van der Waals surface area contributed by atoms with Crippen molar-refractivity contribution in [1.82, 2.24) is 20.2 Å². The van der Waals surface area contributed by atoms with Crippen molar-refractivity contribution in [2.75, 3.05) is 5.32 Å². The maximum absolute atomic E-state index is 12.3. The number of aryl methyl sites for hydroxylation is 1. The van der Waals surface area contributed by atoms with Gasteiger partial charge in [0.2, 0.25) is 0 Å². The summed E-state index contributed by atoms with van der Waals surface area (Å²) in [5, 5.41) is 14.0. The first-order chi connectivity index (χ1) is 12.1. The zero-order valence-corrected chi connectivity index (χ0v) is 14.1. The Morgan fingerprint density at radius 3 is 2.76 bits per heavy atom. The molecule has 1 atom stereocenters. The number of carbonyl (C=O) groups excluding carboxylic acids is 1. The third kappa shape index (κ3) is 4.27. The number of anilines is 1. The van der Waals surface area contributed by atoms with Gasteiger partial charge in [0.25, 0.3) is 5.91 Å². The van der Waals surface area contributed by atoms with E-state index in [4.69, 9.17) is 4.74 Å². The first kappa shape index (κ1) is 16.8. The average molecular weight is 337 g/mol. The summed E-state index contributed by atoms with van der Waals surface area (Å²) < 4.78 is 7.19. The van der Waals surface area contributed by atoms with Gasteiger partial charge in [0, 0.05) is 5.69 Å². The molecule has 0 bridgehead atoms. The second kappa shape index (κ2) is 7.67. The highest BCUT2D eigenvalue weighted by atomic mass is 16.5. The molecular weight excluding hydrogens is 318 g/mol. The molecule has 128 valence electrons. The van der Waals surface area contributed by atoms with Crippen molar-refractivity contribution in [3.63, 3.8) is 0 Å². The zero-order valence-electron chi connectivity index (χ0n) is 14.1. The van der Waals surface area contributed by atoms with Gasteiger partial charge >= 0.3 is 0 Å². The van der Waals surface area contributed by atoms with Gasteiger partial charge in [-0.3, -0.25) is 4.79 Å². The molecule has 0 fully saturated rings. The van der Waals surface area contributed by atoms with Crippen LogP contribution >= 0.6 is 0 Å². The highest BCUT2D eigenvalue weighted by Crippen LogP contribution is 2.18. The smallest absolute Gasteiger partial charge is 0.253 e. The van der Waals surface area contributed by atoms with E-state index in [0.29, 0.717) is 12.3 Å². The van der Waals surface area contributed by atoms with Gasteiger partial charge in [-0.2, -0.15) is 0 Å². The van der Waals surface area contributed by atoms with Gasteiger partial charge in [-0.1, -0.05) is 36.4 Å². The van der Waals surface area contributed by atoms with Crippen LogP contribution in [0.15, 0.2) is 54.9 Å². The van der Waals surface area contributed by atoms with Crippen molar-refractivity contribution >= 4 is 11.6 Å². The molecule has 3 aromatic rings. The van der Waals surface area contributed by atoms with E-state index in [9.17, 15) is 4.79 Å². The predicted octanol–water partition coefficient (Wildman–Crippen LogP) is 2.51. The normalized spacial score (nSPS) is 11.9. The van der Waals surface area contributed by atoms with Crippen LogP contribution in [-0.2, 0) is 16.1 Å². The SMILES string of the molecule is Cc1ccc(NC(=O)C(C)OCc2ccccc2)cc1-n1cnnn1. The van der Waals surface area contributed by atoms with E-state index in [1.165, 1.54) is 6.33 Å². The fraction of sp³-hybridized carbons (Fsp3) is 0.222. The molecule has 0 spiro atoms. The quantitative estimate of drug-likeness (QED) is 0.747. The minimum atomic E-state index is -0.571. The Morgan fingerprint density at radius 1 is 1.24 bits per heavy atom. The lowest BCUT2D eigenvalue weighted by Gasteiger charge is -2.14. The molecule has 0 saturated carbocycles. The Labute approximate surface area is 145 Å². The molecule has 1 heterocycles. The van der Waals surface area contributed by atoms with Crippen LogP contribution in [0, 0.1) is 6.92 Å². The summed E-state index contributed by atoms with van der Waals surface area (Å²) >= 11 is 0. The largest absolute Gasteiger partial charge is 0.364 e. The molecule has 0 saturated heterocycles. The number of amides is 1. The summed E-state index contributed by atoms with van der Waals surface area (Å²) in [6.45, 7) is 4.07. The number of hydrogen-bond donors (Lipinski definition) is 1. The Balaban J connectivity index is 1.63. The lowest BCUT2D eigenvalue weighted by atomic mass is 10.1. The zero-order chi connectivity index (χ0) is 17.6. The fourth-order valence-corrected chi connectivity index (χ4v) is 2.32. The molecule has 7 nitrogen and oxygen atoms in total. The number of tetrazole rings is 1. The van der Waals surface area contributed by atoms with Crippen molar-refractivity contribution in [2.45, 2.75) is 26.6 Å². The summed E-state index contributed by atoms with van der Waals surface area (Å²) in [4.78, 5) is 12.3. The lowest BCUT2D eigenvalue weighted by Crippen LogP contribution is -2.27. The third-order valence-electron chi connectivity index (χ3n) is 3.78. The van der Waals surface area contributed by atoms with Crippen LogP contribution in [0.2, 0.25) is 0 Å². The molecule has 7 heteroatoms. The number of nitrogens with one attached hydrogen (secondary N) is 1. The van der Waals surface area contributed by atoms with Gasteiger partial charge in [0.15, 0.2) is 0 Å². The maximum atomic E-state index is 12.3. The molecule has 0 aliphatic rings. The van der Waals surface area contributed by atoms with E-state index >= 15 is 0 Å². The summed E-state index contributed by atoms with van der Waals surface area (Å²) in [6, 6.07) is 15.3. The van der Waals surface area contributed by atoms with E-state index in [0.717, 1.165) is 16.8 Å². The van der Waals surface area contributed by atoms with Crippen molar-refractivity contribution in [3.05, 3.63) is 66.0 Å². The molecule has 0 aliphatic heterocycles. The number of nitrogens with zero attached hydrogens (tertiary/aromatic N) is 4. The number of ether oxygens (including phenoxy) is 1. The fourth-order valence-electron chi connectivity index (χ4n) is 2.32. The van der Waals surface area contributed by atoms with Crippen LogP contribution < -0.4 is 5.32 Å². The van der Waals surface area contributed by atoms with Crippen LogP contribution in [0.3, 0.4) is 0 Å². The third-order valence-corrected chi connectivity index (χ3v) is 3.78. The second-order valence-electron chi connectivity index (χ2n) is 5.68. The average Bonchev–Trinajstić information content (AvgIpc) is 3.16. The maximum Gasteiger partial charge on any atom is 0.253 e. The number of benzene rings is 2. The van der Waals surface area contributed by atoms with Crippen LogP contribution in [0.1, 0.15) is 18.1 Å². The van der Waals surface area contributed by atoms with E-state index < -0.39 is 6.10 Å². The van der Waals surface area contributed by atoms with E-state index in [-0.39, 0.29) is 5.91 Å². The van der Waals surface area contributed by atoms with E-state index in [1.807, 2.05) is 55.5 Å². The molecule has 1 aromatic heterocycles. The standard InChI is InChI=1S/C18H19N5O2/c1-13-8-9-16(10-17(13)23-12-19-21-22-23)20-18(24)14(2)25-11-15-6-4-3-5-7-15/h3-10,12,14H,11H2,1-2H3,(H,20,24). The van der Waals surface area contributed by atoms with Crippen molar-refractivity contribution < 1.29 is 9.53 Å². The molecule has 25 heavy (non-hydrogen) atoms. The van der Waals surface area contributed by atoms with Gasteiger partial charge < -0.3 is 10.1 Å². The summed E-state index contributed by atoms with van der Waals surface area (Å²) in [7, 11) is 0. The van der Waals surface area contributed by atoms with Crippen molar-refractivity contribution in [2.24, 2.45) is 0 Å². The van der Waals surface area contributed by atoms with Crippen LogP contribution in [0.25, 0.3) is 5.69 Å². The van der Waals surface area contributed by atoms with Crippen molar-refractivity contribution in [1.29, 1.82) is 0 Å². The molecule has 1 unspecified atom stereocenters. The summed E-state index contributed by atoms with van der Waals surface area (Å²) in [5.74, 6) is -0.206. The van der Waals surface area contributed by atoms with Gasteiger partial charge in [0.1, 0.15) is 12.4 Å². The van der Waals surface area contributed by atoms with Gasteiger partial charge in [0.05, 0.1) is 12.3 Å². The number of hydrogen-bond acceptors (Lipinski definition) is 5. The Bertz CT molecular complexity index is 834. The highest BCUT2D eigenvalue weighted by molar-refractivity contribution is 5.94. The lowest BCUT2D eigenvalue weighted by molar-refractivity contribution is -0.127. The Kier molecular flexibility index (Phi) is 5.15. The molecule has 1 amide bonds. The number of rotatable bonds is 6.